The Morgan fingerprint density at radius 3 is 2.44 bits per heavy atom. The fraction of sp³-hybridized carbons (Fsp3) is 0.368. The van der Waals surface area contributed by atoms with Gasteiger partial charge >= 0.3 is 0 Å². The Labute approximate surface area is 146 Å². The fourth-order valence-electron chi connectivity index (χ4n) is 3.31. The first-order valence-electron chi connectivity index (χ1n) is 8.49. The van der Waals surface area contributed by atoms with Crippen molar-refractivity contribution in [2.24, 2.45) is 0 Å². The molecule has 0 spiro atoms. The summed E-state index contributed by atoms with van der Waals surface area (Å²) in [7, 11) is 0. The molecule has 0 saturated carbocycles. The van der Waals surface area contributed by atoms with Crippen LogP contribution in [0.1, 0.15) is 11.7 Å². The molecule has 2 aliphatic heterocycles. The molecule has 2 heterocycles. The first-order chi connectivity index (χ1) is 12.2. The summed E-state index contributed by atoms with van der Waals surface area (Å²) in [5.74, 6) is 1.20. The van der Waals surface area contributed by atoms with Crippen molar-refractivity contribution in [1.29, 1.82) is 0 Å². The molecule has 0 unspecified atom stereocenters. The van der Waals surface area contributed by atoms with Gasteiger partial charge in [-0.1, -0.05) is 6.07 Å². The number of piperazine rings is 1. The van der Waals surface area contributed by atoms with Crippen molar-refractivity contribution in [3.8, 4) is 11.5 Å². The summed E-state index contributed by atoms with van der Waals surface area (Å²) in [5, 5.41) is 10.5. The molecule has 0 radical (unpaired) electrons. The Hall–Kier alpha value is -2.31. The second-order valence-corrected chi connectivity index (χ2v) is 6.39. The van der Waals surface area contributed by atoms with Gasteiger partial charge in [-0.3, -0.25) is 4.90 Å². The van der Waals surface area contributed by atoms with E-state index in [0.717, 1.165) is 43.2 Å². The molecular formula is C19H21FN2O3. The highest BCUT2D eigenvalue weighted by molar-refractivity contribution is 5.47. The van der Waals surface area contributed by atoms with Crippen molar-refractivity contribution < 1.29 is 19.0 Å². The summed E-state index contributed by atoms with van der Waals surface area (Å²) in [4.78, 5) is 4.48. The maximum atomic E-state index is 13.0. The summed E-state index contributed by atoms with van der Waals surface area (Å²) < 4.78 is 23.7. The molecule has 4 rings (SSSR count). The van der Waals surface area contributed by atoms with Crippen LogP contribution in [0.4, 0.5) is 10.1 Å². The molecule has 1 atom stereocenters. The lowest BCUT2D eigenvalue weighted by Gasteiger charge is -2.37. The molecule has 2 aromatic carbocycles. The topological polar surface area (TPSA) is 45.2 Å². The molecule has 5 nitrogen and oxygen atoms in total. The Morgan fingerprint density at radius 1 is 0.960 bits per heavy atom. The van der Waals surface area contributed by atoms with E-state index >= 15 is 0 Å². The average molecular weight is 344 g/mol. The molecule has 132 valence electrons. The number of nitrogens with zero attached hydrogens (tertiary/aromatic N) is 2. The zero-order valence-corrected chi connectivity index (χ0v) is 13.9. The second-order valence-electron chi connectivity index (χ2n) is 6.39. The van der Waals surface area contributed by atoms with Crippen molar-refractivity contribution in [1.82, 2.24) is 4.90 Å². The largest absolute Gasteiger partial charge is 0.454 e. The number of halogens is 1. The number of rotatable bonds is 4. The summed E-state index contributed by atoms with van der Waals surface area (Å²) in [5.41, 5.74) is 1.88. The second kappa shape index (κ2) is 6.90. The van der Waals surface area contributed by atoms with E-state index in [1.165, 1.54) is 12.1 Å². The Kier molecular flexibility index (Phi) is 4.46. The van der Waals surface area contributed by atoms with Gasteiger partial charge in [-0.15, -0.1) is 0 Å². The van der Waals surface area contributed by atoms with Crippen molar-refractivity contribution in [2.45, 2.75) is 6.10 Å². The van der Waals surface area contributed by atoms with Crippen molar-refractivity contribution in [2.75, 3.05) is 44.4 Å². The maximum Gasteiger partial charge on any atom is 0.231 e. The highest BCUT2D eigenvalue weighted by Gasteiger charge is 2.22. The molecule has 0 amide bonds. The van der Waals surface area contributed by atoms with E-state index in [2.05, 4.69) is 9.80 Å². The normalized spacial score (nSPS) is 18.4. The number of benzene rings is 2. The van der Waals surface area contributed by atoms with E-state index < -0.39 is 6.10 Å². The number of fused-ring (bicyclic) bond motifs is 1. The van der Waals surface area contributed by atoms with E-state index in [0.29, 0.717) is 12.3 Å². The van der Waals surface area contributed by atoms with Crippen molar-refractivity contribution in [3.63, 3.8) is 0 Å². The first kappa shape index (κ1) is 16.2. The predicted molar refractivity (Wildman–Crippen MR) is 92.6 cm³/mol. The van der Waals surface area contributed by atoms with Crippen LogP contribution in [-0.2, 0) is 0 Å². The monoisotopic (exact) mass is 344 g/mol. The van der Waals surface area contributed by atoms with Gasteiger partial charge in [0.05, 0.1) is 6.10 Å². The van der Waals surface area contributed by atoms with E-state index in [9.17, 15) is 9.50 Å². The standard InChI is InChI=1S/C19H21FN2O3/c20-15-2-4-16(5-3-15)22-9-7-21(8-10-22)12-17(23)14-1-6-18-19(11-14)25-13-24-18/h1-6,11,17,23H,7-10,12-13H2/t17-/m1/s1. The van der Waals surface area contributed by atoms with Crippen LogP contribution in [0.15, 0.2) is 42.5 Å². The number of β-amino-alcohol motifs (C(OH)–C–C–N with tert-alkyl or cyclic N) is 1. The Morgan fingerprint density at radius 2 is 1.68 bits per heavy atom. The number of hydrogen-bond acceptors (Lipinski definition) is 5. The van der Waals surface area contributed by atoms with Gasteiger partial charge in [0.2, 0.25) is 6.79 Å². The lowest BCUT2D eigenvalue weighted by atomic mass is 10.1. The lowest BCUT2D eigenvalue weighted by molar-refractivity contribution is 0.109. The Bertz CT molecular complexity index is 730. The van der Waals surface area contributed by atoms with Crippen LogP contribution in [0.3, 0.4) is 0 Å². The zero-order chi connectivity index (χ0) is 17.2. The molecule has 0 bridgehead atoms. The molecule has 2 aromatic rings. The maximum absolute atomic E-state index is 13.0. The van der Waals surface area contributed by atoms with Crippen LogP contribution < -0.4 is 14.4 Å². The third-order valence-corrected chi connectivity index (χ3v) is 4.78. The fourth-order valence-corrected chi connectivity index (χ4v) is 3.31. The van der Waals surface area contributed by atoms with Gasteiger partial charge in [0.1, 0.15) is 5.82 Å². The molecular weight excluding hydrogens is 323 g/mol. The summed E-state index contributed by atoms with van der Waals surface area (Å²) in [6.07, 6.45) is -0.563. The number of hydrogen-bond donors (Lipinski definition) is 1. The highest BCUT2D eigenvalue weighted by atomic mass is 19.1. The number of aliphatic hydroxyl groups excluding tert-OH is 1. The number of anilines is 1. The molecule has 25 heavy (non-hydrogen) atoms. The minimum Gasteiger partial charge on any atom is -0.454 e. The molecule has 1 N–H and O–H groups in total. The van der Waals surface area contributed by atoms with Crippen LogP contribution in [0.2, 0.25) is 0 Å². The van der Waals surface area contributed by atoms with E-state index in [-0.39, 0.29) is 12.6 Å². The van der Waals surface area contributed by atoms with Crippen LogP contribution in [-0.4, -0.2) is 49.5 Å². The van der Waals surface area contributed by atoms with E-state index in [1.807, 2.05) is 30.3 Å². The minimum atomic E-state index is -0.563. The van der Waals surface area contributed by atoms with Crippen LogP contribution in [0.5, 0.6) is 11.5 Å². The molecule has 6 heteroatoms. The van der Waals surface area contributed by atoms with Crippen LogP contribution in [0.25, 0.3) is 0 Å². The van der Waals surface area contributed by atoms with Gasteiger partial charge in [-0.05, 0) is 42.0 Å². The van der Waals surface area contributed by atoms with Gasteiger partial charge in [-0.2, -0.15) is 0 Å². The van der Waals surface area contributed by atoms with Gasteiger partial charge in [-0.25, -0.2) is 4.39 Å². The summed E-state index contributed by atoms with van der Waals surface area (Å²) >= 11 is 0. The number of ether oxygens (including phenoxy) is 2. The van der Waals surface area contributed by atoms with Crippen molar-refractivity contribution >= 4 is 5.69 Å². The quantitative estimate of drug-likeness (QED) is 0.923. The van der Waals surface area contributed by atoms with Gasteiger partial charge in [0, 0.05) is 38.4 Å². The van der Waals surface area contributed by atoms with E-state index in [1.54, 1.807) is 0 Å². The molecule has 1 saturated heterocycles. The molecule has 0 aromatic heterocycles. The average Bonchev–Trinajstić information content (AvgIpc) is 3.11. The predicted octanol–water partition coefficient (Wildman–Crippen LogP) is 2.41. The summed E-state index contributed by atoms with van der Waals surface area (Å²) in [6, 6.07) is 12.2. The summed E-state index contributed by atoms with van der Waals surface area (Å²) in [6.45, 7) is 4.26. The third-order valence-electron chi connectivity index (χ3n) is 4.78. The first-order valence-corrected chi connectivity index (χ1v) is 8.49. The SMILES string of the molecule is O[C@H](CN1CCN(c2ccc(F)cc2)CC1)c1ccc2c(c1)OCO2. The third kappa shape index (κ3) is 3.55. The van der Waals surface area contributed by atoms with E-state index in [4.69, 9.17) is 9.47 Å². The van der Waals surface area contributed by atoms with Gasteiger partial charge < -0.3 is 19.5 Å². The zero-order valence-electron chi connectivity index (χ0n) is 13.9. The van der Waals surface area contributed by atoms with Gasteiger partial charge in [0.15, 0.2) is 11.5 Å². The van der Waals surface area contributed by atoms with Gasteiger partial charge in [0.25, 0.3) is 0 Å². The Balaban J connectivity index is 1.33. The lowest BCUT2D eigenvalue weighted by Crippen LogP contribution is -2.47. The molecule has 0 aliphatic carbocycles. The molecule has 2 aliphatic rings. The van der Waals surface area contributed by atoms with Crippen LogP contribution >= 0.6 is 0 Å². The minimum absolute atomic E-state index is 0.214. The number of aliphatic hydroxyl groups is 1. The smallest absolute Gasteiger partial charge is 0.231 e. The highest BCUT2D eigenvalue weighted by Crippen LogP contribution is 2.34. The van der Waals surface area contributed by atoms with Crippen molar-refractivity contribution in [3.05, 3.63) is 53.8 Å². The van der Waals surface area contributed by atoms with Crippen LogP contribution in [0, 0.1) is 5.82 Å². The molecule has 1 fully saturated rings.